The Labute approximate surface area is 293 Å². The molecule has 50 heavy (non-hydrogen) atoms. The van der Waals surface area contributed by atoms with Crippen LogP contribution in [0.5, 0.6) is 0 Å². The molecule has 0 unspecified atom stereocenters. The smallest absolute Gasteiger partial charge is 0.0724 e. The van der Waals surface area contributed by atoms with Crippen LogP contribution in [0.15, 0.2) is 163 Å². The summed E-state index contributed by atoms with van der Waals surface area (Å²) in [5.41, 5.74) is 16.9. The Morgan fingerprint density at radius 3 is 2.08 bits per heavy atom. The van der Waals surface area contributed by atoms with E-state index in [0.29, 0.717) is 0 Å². The van der Waals surface area contributed by atoms with Gasteiger partial charge in [0, 0.05) is 28.9 Å². The molecule has 240 valence electrons. The molecule has 7 aromatic rings. The van der Waals surface area contributed by atoms with Gasteiger partial charge in [0.2, 0.25) is 0 Å². The van der Waals surface area contributed by atoms with Crippen molar-refractivity contribution in [3.05, 3.63) is 169 Å². The number of hydrogen-bond donors (Lipinski definition) is 0. The van der Waals surface area contributed by atoms with Gasteiger partial charge in [-0.25, -0.2) is 0 Å². The summed E-state index contributed by atoms with van der Waals surface area (Å²) in [5.74, 6) is 0. The van der Waals surface area contributed by atoms with E-state index in [1.54, 1.807) is 0 Å². The van der Waals surface area contributed by atoms with Crippen LogP contribution in [0.25, 0.3) is 72.1 Å². The molecular formula is C47H37N3. The van der Waals surface area contributed by atoms with Crippen molar-refractivity contribution in [3.63, 3.8) is 0 Å². The van der Waals surface area contributed by atoms with Crippen molar-refractivity contribution in [2.45, 2.75) is 32.6 Å². The van der Waals surface area contributed by atoms with Gasteiger partial charge in [0.15, 0.2) is 0 Å². The van der Waals surface area contributed by atoms with Gasteiger partial charge in [0.05, 0.1) is 22.9 Å². The Morgan fingerprint density at radius 1 is 0.580 bits per heavy atom. The van der Waals surface area contributed by atoms with Crippen molar-refractivity contribution in [1.29, 1.82) is 0 Å². The van der Waals surface area contributed by atoms with Crippen LogP contribution in [0, 0.1) is 0 Å². The van der Waals surface area contributed by atoms with Crippen LogP contribution in [0.2, 0.25) is 0 Å². The second-order valence-electron chi connectivity index (χ2n) is 13.3. The lowest BCUT2D eigenvalue weighted by atomic mass is 9.89. The Kier molecular flexibility index (Phi) is 7.66. The zero-order valence-electron chi connectivity index (χ0n) is 28.2. The summed E-state index contributed by atoms with van der Waals surface area (Å²) in [4.78, 5) is 9.12. The van der Waals surface area contributed by atoms with Crippen LogP contribution in [0.4, 0.5) is 0 Å². The first-order chi connectivity index (χ1) is 24.7. The van der Waals surface area contributed by atoms with Gasteiger partial charge in [0.25, 0.3) is 0 Å². The topological polar surface area (TPSA) is 30.2 Å². The summed E-state index contributed by atoms with van der Waals surface area (Å²) in [6, 6.07) is 44.6. The van der Waals surface area contributed by atoms with Crippen molar-refractivity contribution in [1.82, 2.24) is 9.55 Å². The normalized spacial score (nSPS) is 14.5. The SMILES string of the molecule is CC1=C(c2ccc(-c3ccc(-c4ccc(C5=CCCC=N5)cc4)c(-c4ccc(-n5c6ccccc6c6ccncc65)cc4)c3)cc2)C=CCC1. The molecule has 3 heteroatoms. The van der Waals surface area contributed by atoms with E-state index in [4.69, 9.17) is 0 Å². The predicted octanol–water partition coefficient (Wildman–Crippen LogP) is 12.5. The minimum atomic E-state index is 1.01. The molecule has 3 nitrogen and oxygen atoms in total. The molecule has 0 N–H and O–H groups in total. The van der Waals surface area contributed by atoms with Crippen LogP contribution >= 0.6 is 0 Å². The molecule has 0 saturated heterocycles. The maximum atomic E-state index is 4.64. The molecule has 0 spiro atoms. The summed E-state index contributed by atoms with van der Waals surface area (Å²) in [6.45, 7) is 2.26. The number of pyridine rings is 1. The lowest BCUT2D eigenvalue weighted by Crippen LogP contribution is -1.95. The highest BCUT2D eigenvalue weighted by atomic mass is 15.0. The molecule has 0 bridgehead atoms. The van der Waals surface area contributed by atoms with Crippen molar-refractivity contribution in [2.75, 3.05) is 0 Å². The fraction of sp³-hybridized carbons (Fsp3) is 0.106. The van der Waals surface area contributed by atoms with Crippen molar-refractivity contribution in [2.24, 2.45) is 4.99 Å². The molecule has 2 aliphatic rings. The molecule has 0 saturated carbocycles. The zero-order chi connectivity index (χ0) is 33.4. The van der Waals surface area contributed by atoms with Gasteiger partial charge in [0.1, 0.15) is 0 Å². The van der Waals surface area contributed by atoms with Gasteiger partial charge in [-0.2, -0.15) is 0 Å². The molecule has 2 aromatic heterocycles. The Bertz CT molecular complexity index is 2450. The summed E-state index contributed by atoms with van der Waals surface area (Å²) in [5, 5.41) is 2.45. The first-order valence-electron chi connectivity index (χ1n) is 17.6. The van der Waals surface area contributed by atoms with Crippen LogP contribution in [0.3, 0.4) is 0 Å². The van der Waals surface area contributed by atoms with E-state index in [1.807, 2.05) is 18.6 Å². The largest absolute Gasteiger partial charge is 0.308 e. The average molecular weight is 644 g/mol. The molecule has 1 aliphatic carbocycles. The fourth-order valence-electron chi connectivity index (χ4n) is 7.59. The van der Waals surface area contributed by atoms with Crippen molar-refractivity contribution >= 4 is 39.3 Å². The second-order valence-corrected chi connectivity index (χ2v) is 13.3. The molecule has 0 radical (unpaired) electrons. The lowest BCUT2D eigenvalue weighted by molar-refractivity contribution is 0.967. The minimum absolute atomic E-state index is 1.01. The third kappa shape index (κ3) is 5.41. The number of hydrogen-bond acceptors (Lipinski definition) is 2. The number of benzene rings is 5. The summed E-state index contributed by atoms with van der Waals surface area (Å²) in [7, 11) is 0. The van der Waals surface area contributed by atoms with Crippen molar-refractivity contribution < 1.29 is 0 Å². The quantitative estimate of drug-likeness (QED) is 0.177. The van der Waals surface area contributed by atoms with E-state index in [-0.39, 0.29) is 0 Å². The summed E-state index contributed by atoms with van der Waals surface area (Å²) in [6.07, 6.45) is 17.0. The first kappa shape index (κ1) is 30.0. The van der Waals surface area contributed by atoms with E-state index < -0.39 is 0 Å². The number of aliphatic imine (C=N–C) groups is 1. The fourth-order valence-corrected chi connectivity index (χ4v) is 7.59. The first-order valence-corrected chi connectivity index (χ1v) is 17.6. The minimum Gasteiger partial charge on any atom is -0.308 e. The highest BCUT2D eigenvalue weighted by Gasteiger charge is 2.15. The van der Waals surface area contributed by atoms with Gasteiger partial charge in [-0.3, -0.25) is 9.98 Å². The van der Waals surface area contributed by atoms with E-state index >= 15 is 0 Å². The summed E-state index contributed by atoms with van der Waals surface area (Å²) < 4.78 is 2.32. The van der Waals surface area contributed by atoms with Crippen LogP contribution in [-0.2, 0) is 0 Å². The second kappa shape index (κ2) is 12.8. The Morgan fingerprint density at radius 2 is 1.28 bits per heavy atom. The number of rotatable bonds is 6. The van der Waals surface area contributed by atoms with E-state index in [2.05, 4.69) is 161 Å². The molecule has 1 aliphatic heterocycles. The highest BCUT2D eigenvalue weighted by Crippen LogP contribution is 2.39. The van der Waals surface area contributed by atoms with Crippen molar-refractivity contribution in [3.8, 4) is 39.1 Å². The van der Waals surface area contributed by atoms with Crippen LogP contribution < -0.4 is 0 Å². The molecule has 0 fully saturated rings. The van der Waals surface area contributed by atoms with E-state index in [0.717, 1.165) is 48.1 Å². The number of nitrogens with zero attached hydrogens (tertiary/aromatic N) is 3. The number of fused-ring (bicyclic) bond motifs is 3. The number of allylic oxidation sites excluding steroid dienone is 5. The van der Waals surface area contributed by atoms with Gasteiger partial charge < -0.3 is 4.57 Å². The molecule has 3 heterocycles. The number of aromatic nitrogens is 2. The van der Waals surface area contributed by atoms with Crippen LogP contribution in [-0.4, -0.2) is 15.8 Å². The van der Waals surface area contributed by atoms with E-state index in [1.165, 1.54) is 66.4 Å². The molecular weight excluding hydrogens is 607 g/mol. The molecule has 0 atom stereocenters. The molecule has 0 amide bonds. The predicted molar refractivity (Wildman–Crippen MR) is 212 cm³/mol. The Balaban J connectivity index is 1.13. The maximum absolute atomic E-state index is 4.64. The standard InChI is InChI=1S/C47H37N3/c1-32-8-2-3-9-40(32)34-15-13-33(14-16-34)38-23-26-41(35-17-19-37(20-18-35)45-11-6-7-28-49-45)44(30-38)36-21-24-39(25-22-36)50-46-12-5-4-10-42(46)43-27-29-48-31-47(43)50/h3-5,9-31H,2,6-8H2,1H3. The highest BCUT2D eigenvalue weighted by molar-refractivity contribution is 6.09. The van der Waals surface area contributed by atoms with Crippen LogP contribution in [0.1, 0.15) is 43.7 Å². The zero-order valence-corrected chi connectivity index (χ0v) is 28.2. The Hall–Kier alpha value is -6.06. The number of para-hydroxylation sites is 1. The third-order valence-corrected chi connectivity index (χ3v) is 10.2. The van der Waals surface area contributed by atoms with E-state index in [9.17, 15) is 0 Å². The molecule has 9 rings (SSSR count). The van der Waals surface area contributed by atoms with Gasteiger partial charge in [-0.1, -0.05) is 115 Å². The average Bonchev–Trinajstić information content (AvgIpc) is 3.53. The monoisotopic (exact) mass is 643 g/mol. The lowest BCUT2D eigenvalue weighted by Gasteiger charge is -2.16. The third-order valence-electron chi connectivity index (χ3n) is 10.2. The van der Waals surface area contributed by atoms with Gasteiger partial charge >= 0.3 is 0 Å². The summed E-state index contributed by atoms with van der Waals surface area (Å²) >= 11 is 0. The van der Waals surface area contributed by atoms with Gasteiger partial charge in [-0.05, 0) is 113 Å². The molecule has 5 aromatic carbocycles. The van der Waals surface area contributed by atoms with Gasteiger partial charge in [-0.15, -0.1) is 0 Å². The maximum Gasteiger partial charge on any atom is 0.0724 e.